The number of fused-ring (bicyclic) bond motifs is 1. The zero-order valence-electron chi connectivity index (χ0n) is 12.8. The molecule has 5 N–H and O–H groups in total. The minimum Gasteiger partial charge on any atom is -0.497 e. The SMILES string of the molecule is CN1CC(=O)N=C1N.COc1ccc2c(CCN)c[nH]c2c1. The van der Waals surface area contributed by atoms with Crippen LogP contribution in [0.15, 0.2) is 29.4 Å². The van der Waals surface area contributed by atoms with E-state index in [0.717, 1.165) is 17.7 Å². The lowest BCUT2D eigenvalue weighted by Crippen LogP contribution is -2.29. The summed E-state index contributed by atoms with van der Waals surface area (Å²) in [4.78, 5) is 18.6. The van der Waals surface area contributed by atoms with Crippen molar-refractivity contribution in [1.29, 1.82) is 0 Å². The number of carbonyl (C=O) groups is 1. The van der Waals surface area contributed by atoms with Gasteiger partial charge in [0.2, 0.25) is 0 Å². The molecule has 1 aromatic heterocycles. The minimum absolute atomic E-state index is 0.162. The molecule has 118 valence electrons. The maximum absolute atomic E-state index is 10.4. The summed E-state index contributed by atoms with van der Waals surface area (Å²) in [5.74, 6) is 1.03. The van der Waals surface area contributed by atoms with Crippen molar-refractivity contribution in [3.05, 3.63) is 30.0 Å². The first-order chi connectivity index (χ1) is 10.5. The van der Waals surface area contributed by atoms with E-state index in [4.69, 9.17) is 16.2 Å². The number of benzene rings is 1. The second-order valence-corrected chi connectivity index (χ2v) is 4.98. The van der Waals surface area contributed by atoms with Crippen molar-refractivity contribution in [2.24, 2.45) is 16.5 Å². The molecule has 7 nitrogen and oxygen atoms in total. The van der Waals surface area contributed by atoms with Gasteiger partial charge in [0, 0.05) is 30.2 Å². The number of aromatic amines is 1. The van der Waals surface area contributed by atoms with Crippen molar-refractivity contribution in [1.82, 2.24) is 9.88 Å². The second kappa shape index (κ2) is 6.95. The van der Waals surface area contributed by atoms with Crippen LogP contribution in [0.1, 0.15) is 5.56 Å². The Bertz CT molecular complexity index is 692. The number of guanidine groups is 1. The van der Waals surface area contributed by atoms with Crippen molar-refractivity contribution in [3.8, 4) is 5.75 Å². The number of aliphatic imine (C=N–C) groups is 1. The van der Waals surface area contributed by atoms with Gasteiger partial charge in [-0.25, -0.2) is 0 Å². The van der Waals surface area contributed by atoms with Gasteiger partial charge in [-0.15, -0.1) is 0 Å². The molecular weight excluding hydrogens is 282 g/mol. The average molecular weight is 303 g/mol. The monoisotopic (exact) mass is 303 g/mol. The molecule has 0 spiro atoms. The van der Waals surface area contributed by atoms with E-state index in [0.29, 0.717) is 19.0 Å². The number of carbonyl (C=O) groups excluding carboxylic acids is 1. The van der Waals surface area contributed by atoms with Gasteiger partial charge in [0.25, 0.3) is 5.91 Å². The first kappa shape index (κ1) is 15.8. The van der Waals surface area contributed by atoms with Crippen molar-refractivity contribution in [2.75, 3.05) is 27.2 Å². The Labute approximate surface area is 128 Å². The fourth-order valence-electron chi connectivity index (χ4n) is 2.19. The summed E-state index contributed by atoms with van der Waals surface area (Å²) in [5.41, 5.74) is 13.1. The number of nitrogens with one attached hydrogen (secondary N) is 1. The Morgan fingerprint density at radius 3 is 2.73 bits per heavy atom. The highest BCUT2D eigenvalue weighted by Gasteiger charge is 2.15. The Morgan fingerprint density at radius 2 is 2.23 bits per heavy atom. The largest absolute Gasteiger partial charge is 0.497 e. The quantitative estimate of drug-likeness (QED) is 0.762. The summed E-state index contributed by atoms with van der Waals surface area (Å²) in [6.45, 7) is 1.00. The molecule has 3 rings (SSSR count). The Kier molecular flexibility index (Phi) is 5.00. The Balaban J connectivity index is 0.000000188. The van der Waals surface area contributed by atoms with Crippen LogP contribution in [0, 0.1) is 0 Å². The van der Waals surface area contributed by atoms with Crippen molar-refractivity contribution >= 4 is 22.8 Å². The zero-order valence-corrected chi connectivity index (χ0v) is 12.8. The van der Waals surface area contributed by atoms with Gasteiger partial charge in [0.1, 0.15) is 12.3 Å². The van der Waals surface area contributed by atoms with Crippen LogP contribution in [0.25, 0.3) is 10.9 Å². The number of ether oxygens (including phenoxy) is 1. The first-order valence-electron chi connectivity index (χ1n) is 6.97. The Morgan fingerprint density at radius 1 is 1.45 bits per heavy atom. The van der Waals surface area contributed by atoms with Gasteiger partial charge < -0.3 is 26.1 Å². The predicted molar refractivity (Wildman–Crippen MR) is 86.9 cm³/mol. The van der Waals surface area contributed by atoms with Gasteiger partial charge in [-0.2, -0.15) is 4.99 Å². The van der Waals surface area contributed by atoms with Crippen LogP contribution in [0.2, 0.25) is 0 Å². The number of likely N-dealkylation sites (N-methyl/N-ethyl adjacent to an activating group) is 1. The van der Waals surface area contributed by atoms with Crippen molar-refractivity contribution < 1.29 is 9.53 Å². The number of amides is 1. The third kappa shape index (κ3) is 3.56. The molecule has 0 saturated heterocycles. The number of H-pyrrole nitrogens is 1. The van der Waals surface area contributed by atoms with E-state index in [1.807, 2.05) is 18.3 Å². The van der Waals surface area contributed by atoms with Gasteiger partial charge in [-0.05, 0) is 30.7 Å². The summed E-state index contributed by atoms with van der Waals surface area (Å²) in [6, 6.07) is 6.03. The molecule has 7 heteroatoms. The van der Waals surface area contributed by atoms with Gasteiger partial charge >= 0.3 is 0 Å². The van der Waals surface area contributed by atoms with Crippen molar-refractivity contribution in [3.63, 3.8) is 0 Å². The molecule has 0 saturated carbocycles. The lowest BCUT2D eigenvalue weighted by Gasteiger charge is -2.05. The molecule has 1 aliphatic heterocycles. The van der Waals surface area contributed by atoms with Crippen LogP contribution in [0.5, 0.6) is 5.75 Å². The highest BCUT2D eigenvalue weighted by molar-refractivity contribution is 5.99. The highest BCUT2D eigenvalue weighted by atomic mass is 16.5. The predicted octanol–water partition coefficient (Wildman–Crippen LogP) is 0.451. The average Bonchev–Trinajstić information content (AvgIpc) is 3.03. The standard InChI is InChI=1S/C11H14N2O.C4H7N3O/c1-14-9-2-3-10-8(4-5-12)7-13-11(10)6-9;1-7-2-3(8)6-4(7)5/h2-3,6-7,13H,4-5,12H2,1H3;2H2,1H3,(H2,5,6,8). The Hall–Kier alpha value is -2.54. The summed E-state index contributed by atoms with van der Waals surface area (Å²) in [5, 5.41) is 1.23. The molecule has 0 fully saturated rings. The maximum atomic E-state index is 10.4. The number of methoxy groups -OCH3 is 1. The minimum atomic E-state index is -0.162. The molecule has 0 radical (unpaired) electrons. The van der Waals surface area contributed by atoms with E-state index in [-0.39, 0.29) is 5.91 Å². The van der Waals surface area contributed by atoms with Crippen LogP contribution in [-0.4, -0.2) is 49.0 Å². The second-order valence-electron chi connectivity index (χ2n) is 4.98. The fourth-order valence-corrected chi connectivity index (χ4v) is 2.19. The highest BCUT2D eigenvalue weighted by Crippen LogP contribution is 2.23. The van der Waals surface area contributed by atoms with Crippen LogP contribution >= 0.6 is 0 Å². The van der Waals surface area contributed by atoms with E-state index in [1.165, 1.54) is 10.9 Å². The molecular formula is C15H21N5O2. The topological polar surface area (TPSA) is 110 Å². The third-order valence-corrected chi connectivity index (χ3v) is 3.39. The molecule has 2 heterocycles. The van der Waals surface area contributed by atoms with Gasteiger partial charge in [-0.3, -0.25) is 4.79 Å². The molecule has 1 amide bonds. The molecule has 1 aromatic carbocycles. The lowest BCUT2D eigenvalue weighted by molar-refractivity contribution is -0.116. The van der Waals surface area contributed by atoms with Crippen molar-refractivity contribution in [2.45, 2.75) is 6.42 Å². The smallest absolute Gasteiger partial charge is 0.268 e. The number of hydrogen-bond donors (Lipinski definition) is 3. The first-order valence-corrected chi connectivity index (χ1v) is 6.97. The summed E-state index contributed by atoms with van der Waals surface area (Å²) < 4.78 is 5.15. The molecule has 2 aromatic rings. The normalized spacial score (nSPS) is 13.9. The summed E-state index contributed by atoms with van der Waals surface area (Å²) >= 11 is 0. The molecule has 0 atom stereocenters. The molecule has 22 heavy (non-hydrogen) atoms. The third-order valence-electron chi connectivity index (χ3n) is 3.39. The van der Waals surface area contributed by atoms with Gasteiger partial charge in [0.15, 0.2) is 5.96 Å². The van der Waals surface area contributed by atoms with Gasteiger partial charge in [0.05, 0.1) is 7.11 Å². The number of hydrogen-bond acceptors (Lipinski definition) is 5. The fraction of sp³-hybridized carbons (Fsp3) is 0.333. The number of nitrogens with two attached hydrogens (primary N) is 2. The number of aromatic nitrogens is 1. The van der Waals surface area contributed by atoms with Crippen LogP contribution in [0.4, 0.5) is 0 Å². The van der Waals surface area contributed by atoms with E-state index in [9.17, 15) is 4.79 Å². The zero-order chi connectivity index (χ0) is 16.1. The van der Waals surface area contributed by atoms with E-state index < -0.39 is 0 Å². The maximum Gasteiger partial charge on any atom is 0.268 e. The number of nitrogens with zero attached hydrogens (tertiary/aromatic N) is 2. The van der Waals surface area contributed by atoms with Gasteiger partial charge in [-0.1, -0.05) is 0 Å². The lowest BCUT2D eigenvalue weighted by atomic mass is 10.1. The summed E-state index contributed by atoms with van der Waals surface area (Å²) in [6.07, 6.45) is 2.92. The van der Waals surface area contributed by atoms with Crippen LogP contribution < -0.4 is 16.2 Å². The van der Waals surface area contributed by atoms with E-state index >= 15 is 0 Å². The number of rotatable bonds is 3. The van der Waals surface area contributed by atoms with Crippen LogP contribution in [0.3, 0.4) is 0 Å². The van der Waals surface area contributed by atoms with E-state index in [2.05, 4.69) is 16.0 Å². The summed E-state index contributed by atoms with van der Waals surface area (Å²) in [7, 11) is 3.40. The molecule has 0 aliphatic carbocycles. The molecule has 0 bridgehead atoms. The molecule has 1 aliphatic rings. The van der Waals surface area contributed by atoms with E-state index in [1.54, 1.807) is 19.1 Å². The molecule has 0 unspecified atom stereocenters. The van der Waals surface area contributed by atoms with Crippen LogP contribution in [-0.2, 0) is 11.2 Å².